The molecule has 0 aromatic heterocycles. The van der Waals surface area contributed by atoms with Gasteiger partial charge in [0.1, 0.15) is 0 Å². The van der Waals surface area contributed by atoms with E-state index in [2.05, 4.69) is 49.4 Å². The van der Waals surface area contributed by atoms with Gasteiger partial charge in [0, 0.05) is 0 Å². The SMILES string of the molecule is Cc1ccc2c(c1-c1ccccc1)CCCC2. The highest BCUT2D eigenvalue weighted by Crippen LogP contribution is 2.34. The summed E-state index contributed by atoms with van der Waals surface area (Å²) in [6.45, 7) is 2.23. The van der Waals surface area contributed by atoms with E-state index in [1.54, 1.807) is 11.1 Å². The summed E-state index contributed by atoms with van der Waals surface area (Å²) in [6.07, 6.45) is 5.21. The van der Waals surface area contributed by atoms with Gasteiger partial charge in [-0.2, -0.15) is 0 Å². The molecule has 0 saturated carbocycles. The fourth-order valence-corrected chi connectivity index (χ4v) is 2.95. The molecular weight excluding hydrogens is 204 g/mol. The van der Waals surface area contributed by atoms with Crippen molar-refractivity contribution >= 4 is 0 Å². The minimum atomic E-state index is 1.25. The van der Waals surface area contributed by atoms with E-state index in [4.69, 9.17) is 0 Å². The lowest BCUT2D eigenvalue weighted by atomic mass is 9.84. The van der Waals surface area contributed by atoms with E-state index in [-0.39, 0.29) is 0 Å². The molecule has 0 aliphatic heterocycles. The van der Waals surface area contributed by atoms with Crippen LogP contribution in [0, 0.1) is 6.92 Å². The number of fused-ring (bicyclic) bond motifs is 1. The molecule has 86 valence electrons. The summed E-state index contributed by atoms with van der Waals surface area (Å²) in [4.78, 5) is 0. The van der Waals surface area contributed by atoms with Crippen molar-refractivity contribution in [2.24, 2.45) is 0 Å². The first-order chi connectivity index (χ1) is 8.36. The lowest BCUT2D eigenvalue weighted by molar-refractivity contribution is 0.686. The maximum Gasteiger partial charge on any atom is -0.0120 e. The van der Waals surface area contributed by atoms with Crippen LogP contribution in [-0.2, 0) is 12.8 Å². The molecule has 0 heterocycles. The summed E-state index contributed by atoms with van der Waals surface area (Å²) in [5, 5.41) is 0. The monoisotopic (exact) mass is 222 g/mol. The molecule has 0 heteroatoms. The van der Waals surface area contributed by atoms with Crippen LogP contribution in [0.3, 0.4) is 0 Å². The number of hydrogen-bond donors (Lipinski definition) is 0. The molecule has 0 bridgehead atoms. The van der Waals surface area contributed by atoms with Crippen molar-refractivity contribution in [3.8, 4) is 11.1 Å². The summed E-state index contributed by atoms with van der Waals surface area (Å²) in [7, 11) is 0. The second-order valence-corrected chi connectivity index (χ2v) is 4.97. The average molecular weight is 222 g/mol. The Morgan fingerprint density at radius 2 is 1.59 bits per heavy atom. The molecule has 0 unspecified atom stereocenters. The van der Waals surface area contributed by atoms with Gasteiger partial charge in [0.05, 0.1) is 0 Å². The van der Waals surface area contributed by atoms with Crippen molar-refractivity contribution in [3.63, 3.8) is 0 Å². The van der Waals surface area contributed by atoms with Crippen molar-refractivity contribution in [2.45, 2.75) is 32.6 Å². The molecule has 0 radical (unpaired) electrons. The fourth-order valence-electron chi connectivity index (χ4n) is 2.95. The van der Waals surface area contributed by atoms with Gasteiger partial charge in [-0.05, 0) is 60.4 Å². The molecule has 0 amide bonds. The minimum absolute atomic E-state index is 1.25. The van der Waals surface area contributed by atoms with Crippen LogP contribution in [-0.4, -0.2) is 0 Å². The lowest BCUT2D eigenvalue weighted by Crippen LogP contribution is -2.05. The number of benzene rings is 2. The molecule has 2 aromatic carbocycles. The zero-order valence-electron chi connectivity index (χ0n) is 10.4. The van der Waals surface area contributed by atoms with Gasteiger partial charge in [0.2, 0.25) is 0 Å². The van der Waals surface area contributed by atoms with Crippen molar-refractivity contribution < 1.29 is 0 Å². The van der Waals surface area contributed by atoms with Crippen LogP contribution in [0.15, 0.2) is 42.5 Å². The Kier molecular flexibility index (Phi) is 2.72. The Bertz CT molecular complexity index is 523. The molecule has 0 spiro atoms. The largest absolute Gasteiger partial charge is 0.0622 e. The van der Waals surface area contributed by atoms with Crippen LogP contribution in [0.4, 0.5) is 0 Å². The zero-order chi connectivity index (χ0) is 11.7. The number of rotatable bonds is 1. The van der Waals surface area contributed by atoms with Gasteiger partial charge in [-0.1, -0.05) is 42.5 Å². The van der Waals surface area contributed by atoms with Crippen molar-refractivity contribution in [2.75, 3.05) is 0 Å². The van der Waals surface area contributed by atoms with Crippen LogP contribution >= 0.6 is 0 Å². The minimum Gasteiger partial charge on any atom is -0.0622 e. The summed E-state index contributed by atoms with van der Waals surface area (Å²) in [5.41, 5.74) is 7.45. The zero-order valence-corrected chi connectivity index (χ0v) is 10.4. The molecule has 1 aliphatic carbocycles. The Hall–Kier alpha value is -1.56. The first-order valence-corrected chi connectivity index (χ1v) is 6.53. The molecule has 0 atom stereocenters. The van der Waals surface area contributed by atoms with Crippen molar-refractivity contribution in [3.05, 3.63) is 59.2 Å². The smallest absolute Gasteiger partial charge is 0.0120 e. The predicted octanol–water partition coefficient (Wildman–Crippen LogP) is 4.54. The predicted molar refractivity (Wildman–Crippen MR) is 73.3 cm³/mol. The Labute approximate surface area is 103 Å². The molecule has 2 aromatic rings. The van der Waals surface area contributed by atoms with Gasteiger partial charge in [-0.3, -0.25) is 0 Å². The second-order valence-electron chi connectivity index (χ2n) is 4.97. The highest BCUT2D eigenvalue weighted by atomic mass is 14.2. The summed E-state index contributed by atoms with van der Waals surface area (Å²) < 4.78 is 0. The number of hydrogen-bond acceptors (Lipinski definition) is 0. The maximum atomic E-state index is 2.33. The highest BCUT2D eigenvalue weighted by molar-refractivity contribution is 5.72. The topological polar surface area (TPSA) is 0 Å². The Morgan fingerprint density at radius 3 is 2.41 bits per heavy atom. The molecule has 17 heavy (non-hydrogen) atoms. The van der Waals surface area contributed by atoms with Crippen LogP contribution < -0.4 is 0 Å². The fraction of sp³-hybridized carbons (Fsp3) is 0.294. The standard InChI is InChI=1S/C17H18/c1-13-11-12-14-7-5-6-10-16(14)17(13)15-8-3-2-4-9-15/h2-4,8-9,11-12H,5-7,10H2,1H3. The van der Waals surface area contributed by atoms with Crippen LogP contribution in [0.1, 0.15) is 29.5 Å². The van der Waals surface area contributed by atoms with Gasteiger partial charge >= 0.3 is 0 Å². The normalized spacial score (nSPS) is 14.4. The first-order valence-electron chi connectivity index (χ1n) is 6.53. The van der Waals surface area contributed by atoms with E-state index < -0.39 is 0 Å². The molecule has 0 fully saturated rings. The quantitative estimate of drug-likeness (QED) is 0.664. The molecule has 0 N–H and O–H groups in total. The first kappa shape index (κ1) is 10.6. The third-order valence-corrected chi connectivity index (χ3v) is 3.80. The van der Waals surface area contributed by atoms with Crippen LogP contribution in [0.25, 0.3) is 11.1 Å². The van der Waals surface area contributed by atoms with Crippen molar-refractivity contribution in [1.82, 2.24) is 0 Å². The van der Waals surface area contributed by atoms with Crippen molar-refractivity contribution in [1.29, 1.82) is 0 Å². The lowest BCUT2D eigenvalue weighted by Gasteiger charge is -2.21. The Balaban J connectivity index is 2.21. The molecule has 0 saturated heterocycles. The third-order valence-electron chi connectivity index (χ3n) is 3.80. The molecule has 1 aliphatic rings. The van der Waals surface area contributed by atoms with Crippen LogP contribution in [0.5, 0.6) is 0 Å². The van der Waals surface area contributed by atoms with Gasteiger partial charge in [0.15, 0.2) is 0 Å². The van der Waals surface area contributed by atoms with E-state index in [1.165, 1.54) is 42.4 Å². The molecule has 0 nitrogen and oxygen atoms in total. The van der Waals surface area contributed by atoms with E-state index in [0.29, 0.717) is 0 Å². The molecular formula is C17H18. The van der Waals surface area contributed by atoms with Gasteiger partial charge in [-0.15, -0.1) is 0 Å². The van der Waals surface area contributed by atoms with Crippen LogP contribution in [0.2, 0.25) is 0 Å². The van der Waals surface area contributed by atoms with E-state index in [9.17, 15) is 0 Å². The summed E-state index contributed by atoms with van der Waals surface area (Å²) >= 11 is 0. The summed E-state index contributed by atoms with van der Waals surface area (Å²) in [6, 6.07) is 15.4. The number of aryl methyl sites for hydroxylation is 2. The Morgan fingerprint density at radius 1 is 0.824 bits per heavy atom. The highest BCUT2D eigenvalue weighted by Gasteiger charge is 2.15. The summed E-state index contributed by atoms with van der Waals surface area (Å²) in [5.74, 6) is 0. The second kappa shape index (κ2) is 4.37. The third kappa shape index (κ3) is 1.88. The van der Waals surface area contributed by atoms with Gasteiger partial charge in [0.25, 0.3) is 0 Å². The maximum absolute atomic E-state index is 2.33. The average Bonchev–Trinajstić information content (AvgIpc) is 2.39. The molecule has 3 rings (SSSR count). The van der Waals surface area contributed by atoms with Gasteiger partial charge < -0.3 is 0 Å². The van der Waals surface area contributed by atoms with Gasteiger partial charge in [-0.25, -0.2) is 0 Å². The van der Waals surface area contributed by atoms with E-state index in [1.807, 2.05) is 0 Å². The van der Waals surface area contributed by atoms with E-state index in [0.717, 1.165) is 0 Å². The van der Waals surface area contributed by atoms with E-state index >= 15 is 0 Å².